The molecule has 0 atom stereocenters. The molecule has 1 amide bonds. The summed E-state index contributed by atoms with van der Waals surface area (Å²) < 4.78 is 0. The molecule has 0 aliphatic heterocycles. The molecule has 18 heavy (non-hydrogen) atoms. The lowest BCUT2D eigenvalue weighted by atomic mass is 10.3. The predicted molar refractivity (Wildman–Crippen MR) is 67.3 cm³/mol. The fourth-order valence-electron chi connectivity index (χ4n) is 1.50. The number of aromatic hydroxyl groups is 1. The zero-order chi connectivity index (χ0) is 13.4. The average Bonchev–Trinajstić information content (AvgIpc) is 2.33. The summed E-state index contributed by atoms with van der Waals surface area (Å²) in [6.07, 6.45) is 0. The molecule has 0 fully saturated rings. The molecule has 0 radical (unpaired) electrons. The van der Waals surface area contributed by atoms with Crippen LogP contribution in [-0.2, 0) is 4.79 Å². The van der Waals surface area contributed by atoms with Crippen molar-refractivity contribution in [2.24, 2.45) is 0 Å². The van der Waals surface area contributed by atoms with Crippen molar-refractivity contribution < 1.29 is 20.1 Å². The standard InChI is InChI=1S/C12H18N2O4/c15-7-5-14(6-8-16)9-12(18)13-10-1-3-11(17)4-2-10/h1-4,15-17H,5-9H2,(H,13,18). The van der Waals surface area contributed by atoms with Crippen LogP contribution < -0.4 is 5.32 Å². The average molecular weight is 254 g/mol. The van der Waals surface area contributed by atoms with E-state index in [-0.39, 0.29) is 31.4 Å². The van der Waals surface area contributed by atoms with E-state index in [0.29, 0.717) is 18.8 Å². The highest BCUT2D eigenvalue weighted by Gasteiger charge is 2.09. The quantitative estimate of drug-likeness (QED) is 0.498. The number of amides is 1. The summed E-state index contributed by atoms with van der Waals surface area (Å²) in [6, 6.07) is 6.15. The molecule has 1 aromatic rings. The van der Waals surface area contributed by atoms with Gasteiger partial charge in [-0.25, -0.2) is 0 Å². The number of hydrogen-bond donors (Lipinski definition) is 4. The Morgan fingerprint density at radius 1 is 1.11 bits per heavy atom. The topological polar surface area (TPSA) is 93.0 Å². The first kappa shape index (κ1) is 14.4. The Labute approximate surface area is 105 Å². The Kier molecular flexibility index (Phi) is 6.13. The fourth-order valence-corrected chi connectivity index (χ4v) is 1.50. The number of phenolic OH excluding ortho intramolecular Hbond substituents is 1. The lowest BCUT2D eigenvalue weighted by molar-refractivity contribution is -0.117. The van der Waals surface area contributed by atoms with Crippen molar-refractivity contribution in [1.82, 2.24) is 4.90 Å². The Balaban J connectivity index is 2.46. The fraction of sp³-hybridized carbons (Fsp3) is 0.417. The normalized spacial score (nSPS) is 10.6. The van der Waals surface area contributed by atoms with Crippen LogP contribution in [0.4, 0.5) is 5.69 Å². The lowest BCUT2D eigenvalue weighted by Gasteiger charge is -2.19. The van der Waals surface area contributed by atoms with Crippen molar-refractivity contribution in [1.29, 1.82) is 0 Å². The van der Waals surface area contributed by atoms with Crippen molar-refractivity contribution in [2.75, 3.05) is 38.2 Å². The van der Waals surface area contributed by atoms with Crippen LogP contribution in [0, 0.1) is 0 Å². The number of carbonyl (C=O) groups is 1. The molecule has 0 saturated carbocycles. The minimum atomic E-state index is -0.234. The Bertz CT molecular complexity index is 361. The zero-order valence-electron chi connectivity index (χ0n) is 10.0. The van der Waals surface area contributed by atoms with Crippen molar-refractivity contribution in [3.63, 3.8) is 0 Å². The molecule has 4 N–H and O–H groups in total. The molecular formula is C12H18N2O4. The number of aliphatic hydroxyl groups excluding tert-OH is 2. The van der Waals surface area contributed by atoms with Gasteiger partial charge in [-0.15, -0.1) is 0 Å². The van der Waals surface area contributed by atoms with Crippen molar-refractivity contribution in [3.8, 4) is 5.75 Å². The number of nitrogens with zero attached hydrogens (tertiary/aromatic N) is 1. The summed E-state index contributed by atoms with van der Waals surface area (Å²) in [4.78, 5) is 13.3. The first-order valence-corrected chi connectivity index (χ1v) is 5.68. The van der Waals surface area contributed by atoms with E-state index in [0.717, 1.165) is 0 Å². The van der Waals surface area contributed by atoms with Crippen molar-refractivity contribution in [2.45, 2.75) is 0 Å². The van der Waals surface area contributed by atoms with Crippen LogP contribution in [0.1, 0.15) is 0 Å². The zero-order valence-corrected chi connectivity index (χ0v) is 10.0. The third-order valence-electron chi connectivity index (χ3n) is 2.35. The van der Waals surface area contributed by atoms with E-state index in [9.17, 15) is 4.79 Å². The van der Waals surface area contributed by atoms with Gasteiger partial charge in [-0.2, -0.15) is 0 Å². The molecule has 0 aromatic heterocycles. The molecule has 1 rings (SSSR count). The highest BCUT2D eigenvalue weighted by atomic mass is 16.3. The molecular weight excluding hydrogens is 236 g/mol. The molecule has 0 bridgehead atoms. The Hall–Kier alpha value is -1.63. The van der Waals surface area contributed by atoms with Crippen LogP contribution >= 0.6 is 0 Å². The van der Waals surface area contributed by atoms with E-state index in [1.807, 2.05) is 0 Å². The van der Waals surface area contributed by atoms with Gasteiger partial charge in [0.1, 0.15) is 5.75 Å². The van der Waals surface area contributed by atoms with Gasteiger partial charge in [0.2, 0.25) is 5.91 Å². The van der Waals surface area contributed by atoms with E-state index >= 15 is 0 Å². The van der Waals surface area contributed by atoms with Crippen LogP contribution in [0.25, 0.3) is 0 Å². The first-order chi connectivity index (χ1) is 8.65. The second kappa shape index (κ2) is 7.65. The van der Waals surface area contributed by atoms with Crippen molar-refractivity contribution in [3.05, 3.63) is 24.3 Å². The molecule has 0 heterocycles. The number of aliphatic hydroxyl groups is 2. The van der Waals surface area contributed by atoms with Gasteiger partial charge in [-0.1, -0.05) is 0 Å². The van der Waals surface area contributed by atoms with E-state index in [2.05, 4.69) is 5.32 Å². The summed E-state index contributed by atoms with van der Waals surface area (Å²) in [7, 11) is 0. The van der Waals surface area contributed by atoms with E-state index < -0.39 is 0 Å². The first-order valence-electron chi connectivity index (χ1n) is 5.68. The number of nitrogens with one attached hydrogen (secondary N) is 1. The van der Waals surface area contributed by atoms with Crippen LogP contribution in [0.2, 0.25) is 0 Å². The molecule has 0 aliphatic carbocycles. The molecule has 0 saturated heterocycles. The summed E-state index contributed by atoms with van der Waals surface area (Å²) in [5, 5.41) is 29.4. The van der Waals surface area contributed by atoms with E-state index in [1.54, 1.807) is 17.0 Å². The van der Waals surface area contributed by atoms with Crippen LogP contribution in [0.3, 0.4) is 0 Å². The maximum absolute atomic E-state index is 11.7. The summed E-state index contributed by atoms with van der Waals surface area (Å²) >= 11 is 0. The van der Waals surface area contributed by atoms with Gasteiger partial charge < -0.3 is 20.6 Å². The number of carbonyl (C=O) groups excluding carboxylic acids is 1. The van der Waals surface area contributed by atoms with E-state index in [4.69, 9.17) is 15.3 Å². The smallest absolute Gasteiger partial charge is 0.238 e. The summed E-state index contributed by atoms with van der Waals surface area (Å²) in [5.41, 5.74) is 0.589. The monoisotopic (exact) mass is 254 g/mol. The Morgan fingerprint density at radius 2 is 1.67 bits per heavy atom. The maximum atomic E-state index is 11.7. The lowest BCUT2D eigenvalue weighted by Crippen LogP contribution is -2.37. The SMILES string of the molecule is O=C(CN(CCO)CCO)Nc1ccc(O)cc1. The van der Waals surface area contributed by atoms with Gasteiger partial charge in [0.25, 0.3) is 0 Å². The number of benzene rings is 1. The second-order valence-electron chi connectivity index (χ2n) is 3.82. The number of hydrogen-bond acceptors (Lipinski definition) is 5. The van der Waals surface area contributed by atoms with Gasteiger partial charge >= 0.3 is 0 Å². The minimum Gasteiger partial charge on any atom is -0.508 e. The Morgan fingerprint density at radius 3 is 2.17 bits per heavy atom. The van der Waals surface area contributed by atoms with Crippen LogP contribution in [0.5, 0.6) is 5.75 Å². The van der Waals surface area contributed by atoms with Gasteiger partial charge in [-0.3, -0.25) is 9.69 Å². The largest absolute Gasteiger partial charge is 0.508 e. The van der Waals surface area contributed by atoms with Crippen LogP contribution in [0.15, 0.2) is 24.3 Å². The number of anilines is 1. The third kappa shape index (κ3) is 5.13. The van der Waals surface area contributed by atoms with Crippen molar-refractivity contribution >= 4 is 11.6 Å². The molecule has 6 heteroatoms. The number of phenols is 1. The summed E-state index contributed by atoms with van der Waals surface area (Å²) in [6.45, 7) is 0.647. The summed E-state index contributed by atoms with van der Waals surface area (Å²) in [5.74, 6) is -0.0993. The van der Waals surface area contributed by atoms with Gasteiger partial charge in [-0.05, 0) is 24.3 Å². The predicted octanol–water partition coefficient (Wildman–Crippen LogP) is -0.383. The third-order valence-corrected chi connectivity index (χ3v) is 2.35. The molecule has 0 spiro atoms. The van der Waals surface area contributed by atoms with Gasteiger partial charge in [0.05, 0.1) is 19.8 Å². The highest BCUT2D eigenvalue weighted by molar-refractivity contribution is 5.92. The highest BCUT2D eigenvalue weighted by Crippen LogP contribution is 2.13. The molecule has 6 nitrogen and oxygen atoms in total. The molecule has 0 unspecified atom stereocenters. The molecule has 1 aromatic carbocycles. The van der Waals surface area contributed by atoms with Gasteiger partial charge in [0, 0.05) is 18.8 Å². The van der Waals surface area contributed by atoms with Gasteiger partial charge in [0.15, 0.2) is 0 Å². The number of rotatable bonds is 7. The van der Waals surface area contributed by atoms with Crippen LogP contribution in [-0.4, -0.2) is 59.0 Å². The second-order valence-corrected chi connectivity index (χ2v) is 3.82. The molecule has 0 aliphatic rings. The maximum Gasteiger partial charge on any atom is 0.238 e. The molecule has 100 valence electrons. The van der Waals surface area contributed by atoms with E-state index in [1.165, 1.54) is 12.1 Å². The minimum absolute atomic E-state index is 0.0630.